The first-order valence-corrected chi connectivity index (χ1v) is 6.90. The molecule has 21 heavy (non-hydrogen) atoms. The quantitative estimate of drug-likeness (QED) is 0.795. The zero-order valence-corrected chi connectivity index (χ0v) is 11.8. The topological polar surface area (TPSA) is 73.9 Å². The van der Waals surface area contributed by atoms with Crippen LogP contribution in [0.15, 0.2) is 42.5 Å². The molecule has 3 aromatic rings. The Morgan fingerprint density at radius 3 is 2.62 bits per heavy atom. The number of hydrogen-bond donors (Lipinski definition) is 1. The summed E-state index contributed by atoms with van der Waals surface area (Å²) in [5, 5.41) is 2.30. The molecule has 0 bridgehead atoms. The molecule has 1 aromatic heterocycles. The molecule has 5 nitrogen and oxygen atoms in total. The number of fused-ring (bicyclic) bond motifs is 1. The number of hydrogen-bond acceptors (Lipinski definition) is 5. The van der Waals surface area contributed by atoms with Gasteiger partial charge < -0.3 is 10.5 Å². The second-order valence-electron chi connectivity index (χ2n) is 4.71. The Morgan fingerprint density at radius 1 is 1.00 bits per heavy atom. The second kappa shape index (κ2) is 5.75. The molecule has 0 spiro atoms. The van der Waals surface area contributed by atoms with Crippen LogP contribution in [0.1, 0.15) is 13.3 Å². The molecule has 3 rings (SSSR count). The largest absolute Gasteiger partial charge is 0.463 e. The lowest BCUT2D eigenvalue weighted by atomic mass is 10.1. The van der Waals surface area contributed by atoms with Gasteiger partial charge in [-0.15, -0.1) is 0 Å². The van der Waals surface area contributed by atoms with Gasteiger partial charge in [0.15, 0.2) is 5.82 Å². The van der Waals surface area contributed by atoms with Gasteiger partial charge in [0.05, 0.1) is 6.61 Å². The first-order chi connectivity index (χ1) is 10.3. The fourth-order valence-electron chi connectivity index (χ4n) is 2.09. The first kappa shape index (κ1) is 13.3. The van der Waals surface area contributed by atoms with Crippen LogP contribution in [0, 0.1) is 0 Å². The lowest BCUT2D eigenvalue weighted by Crippen LogP contribution is -2.05. The second-order valence-corrected chi connectivity index (χ2v) is 4.71. The van der Waals surface area contributed by atoms with E-state index >= 15 is 0 Å². The predicted molar refractivity (Wildman–Crippen MR) is 83.0 cm³/mol. The molecule has 0 fully saturated rings. The Labute approximate surface area is 122 Å². The molecular formula is C16H16N4O. The fourth-order valence-corrected chi connectivity index (χ4v) is 2.09. The summed E-state index contributed by atoms with van der Waals surface area (Å²) >= 11 is 0. The standard InChI is InChI=1S/C16H16N4O/c1-2-9-21-16-19-14(18-15(17)20-16)13-8-7-11-5-3-4-6-12(11)10-13/h3-8,10H,2,9H2,1H3,(H2,17,18,19,20). The Hall–Kier alpha value is -2.69. The van der Waals surface area contributed by atoms with E-state index in [9.17, 15) is 0 Å². The van der Waals surface area contributed by atoms with E-state index in [1.165, 1.54) is 5.39 Å². The molecule has 0 aliphatic heterocycles. The number of benzene rings is 2. The van der Waals surface area contributed by atoms with Crippen molar-refractivity contribution in [1.82, 2.24) is 15.0 Å². The van der Waals surface area contributed by atoms with Gasteiger partial charge in [-0.05, 0) is 23.3 Å². The zero-order chi connectivity index (χ0) is 14.7. The van der Waals surface area contributed by atoms with Crippen LogP contribution in [-0.2, 0) is 0 Å². The molecule has 0 amide bonds. The van der Waals surface area contributed by atoms with Gasteiger partial charge in [0.25, 0.3) is 0 Å². The minimum Gasteiger partial charge on any atom is -0.463 e. The van der Waals surface area contributed by atoms with Crippen molar-refractivity contribution < 1.29 is 4.74 Å². The summed E-state index contributed by atoms with van der Waals surface area (Å²) in [6.45, 7) is 2.58. The van der Waals surface area contributed by atoms with E-state index in [-0.39, 0.29) is 12.0 Å². The van der Waals surface area contributed by atoms with Crippen LogP contribution in [0.25, 0.3) is 22.2 Å². The summed E-state index contributed by atoms with van der Waals surface area (Å²) in [6.07, 6.45) is 0.886. The molecule has 0 radical (unpaired) electrons. The maximum Gasteiger partial charge on any atom is 0.321 e. The number of aromatic nitrogens is 3. The van der Waals surface area contributed by atoms with Gasteiger partial charge >= 0.3 is 6.01 Å². The van der Waals surface area contributed by atoms with Crippen molar-refractivity contribution in [2.45, 2.75) is 13.3 Å². The van der Waals surface area contributed by atoms with Crippen LogP contribution in [0.2, 0.25) is 0 Å². The molecule has 106 valence electrons. The van der Waals surface area contributed by atoms with E-state index in [1.807, 2.05) is 37.3 Å². The third-order valence-corrected chi connectivity index (χ3v) is 3.08. The first-order valence-electron chi connectivity index (χ1n) is 6.90. The Kier molecular flexibility index (Phi) is 3.64. The van der Waals surface area contributed by atoms with Crippen molar-refractivity contribution >= 4 is 16.7 Å². The van der Waals surface area contributed by atoms with Gasteiger partial charge in [-0.1, -0.05) is 43.3 Å². The maximum absolute atomic E-state index is 5.74. The van der Waals surface area contributed by atoms with E-state index in [1.54, 1.807) is 0 Å². The van der Waals surface area contributed by atoms with E-state index < -0.39 is 0 Å². The molecule has 5 heteroatoms. The van der Waals surface area contributed by atoms with Crippen LogP contribution in [0.5, 0.6) is 6.01 Å². The minimum atomic E-state index is 0.166. The van der Waals surface area contributed by atoms with E-state index in [2.05, 4.69) is 27.1 Å². The number of ether oxygens (including phenoxy) is 1. The van der Waals surface area contributed by atoms with Crippen LogP contribution in [0.3, 0.4) is 0 Å². The van der Waals surface area contributed by atoms with Gasteiger partial charge in [0.2, 0.25) is 5.95 Å². The van der Waals surface area contributed by atoms with Gasteiger partial charge in [-0.2, -0.15) is 15.0 Å². The maximum atomic E-state index is 5.74. The summed E-state index contributed by atoms with van der Waals surface area (Å²) in [6, 6.07) is 14.5. The molecule has 0 saturated heterocycles. The third-order valence-electron chi connectivity index (χ3n) is 3.08. The van der Waals surface area contributed by atoms with E-state index in [0.717, 1.165) is 17.4 Å². The van der Waals surface area contributed by atoms with Crippen molar-refractivity contribution in [2.75, 3.05) is 12.3 Å². The Bertz CT molecular complexity index is 773. The highest BCUT2D eigenvalue weighted by molar-refractivity contribution is 5.86. The minimum absolute atomic E-state index is 0.166. The highest BCUT2D eigenvalue weighted by atomic mass is 16.5. The Balaban J connectivity index is 2.02. The van der Waals surface area contributed by atoms with E-state index in [4.69, 9.17) is 10.5 Å². The summed E-state index contributed by atoms with van der Waals surface area (Å²) in [4.78, 5) is 12.5. The van der Waals surface area contributed by atoms with Crippen molar-refractivity contribution in [3.8, 4) is 17.4 Å². The van der Waals surface area contributed by atoms with Crippen LogP contribution in [0.4, 0.5) is 5.95 Å². The molecule has 0 atom stereocenters. The number of nitrogens with zero attached hydrogens (tertiary/aromatic N) is 3. The third kappa shape index (κ3) is 2.91. The number of anilines is 1. The molecule has 1 heterocycles. The monoisotopic (exact) mass is 280 g/mol. The molecular weight excluding hydrogens is 264 g/mol. The van der Waals surface area contributed by atoms with Gasteiger partial charge in [0, 0.05) is 5.56 Å². The molecule has 0 saturated carbocycles. The lowest BCUT2D eigenvalue weighted by molar-refractivity contribution is 0.292. The van der Waals surface area contributed by atoms with Crippen molar-refractivity contribution in [2.24, 2.45) is 0 Å². The number of nitrogens with two attached hydrogens (primary N) is 1. The van der Waals surface area contributed by atoms with Crippen molar-refractivity contribution in [3.05, 3.63) is 42.5 Å². The molecule has 2 aromatic carbocycles. The molecule has 0 unspecified atom stereocenters. The summed E-state index contributed by atoms with van der Waals surface area (Å²) < 4.78 is 5.44. The number of nitrogen functional groups attached to an aromatic ring is 1. The van der Waals surface area contributed by atoms with Gasteiger partial charge in [-0.25, -0.2) is 0 Å². The lowest BCUT2D eigenvalue weighted by Gasteiger charge is -2.06. The highest BCUT2D eigenvalue weighted by Gasteiger charge is 2.08. The summed E-state index contributed by atoms with van der Waals surface area (Å²) in [5.74, 6) is 0.693. The van der Waals surface area contributed by atoms with Crippen LogP contribution < -0.4 is 10.5 Å². The smallest absolute Gasteiger partial charge is 0.321 e. The molecule has 0 aliphatic carbocycles. The summed E-state index contributed by atoms with van der Waals surface area (Å²) in [5.41, 5.74) is 6.63. The fraction of sp³-hybridized carbons (Fsp3) is 0.188. The Morgan fingerprint density at radius 2 is 1.81 bits per heavy atom. The van der Waals surface area contributed by atoms with Gasteiger partial charge in [0.1, 0.15) is 0 Å². The normalized spacial score (nSPS) is 10.7. The predicted octanol–water partition coefficient (Wildman–Crippen LogP) is 3.06. The van der Waals surface area contributed by atoms with Crippen LogP contribution >= 0.6 is 0 Å². The number of rotatable bonds is 4. The van der Waals surface area contributed by atoms with Crippen molar-refractivity contribution in [3.63, 3.8) is 0 Å². The summed E-state index contributed by atoms with van der Waals surface area (Å²) in [7, 11) is 0. The average molecular weight is 280 g/mol. The highest BCUT2D eigenvalue weighted by Crippen LogP contribution is 2.23. The van der Waals surface area contributed by atoms with Gasteiger partial charge in [-0.3, -0.25) is 0 Å². The van der Waals surface area contributed by atoms with Crippen molar-refractivity contribution in [1.29, 1.82) is 0 Å². The molecule has 2 N–H and O–H groups in total. The van der Waals surface area contributed by atoms with Crippen LogP contribution in [-0.4, -0.2) is 21.6 Å². The van der Waals surface area contributed by atoms with E-state index in [0.29, 0.717) is 12.4 Å². The molecule has 0 aliphatic rings. The average Bonchev–Trinajstić information content (AvgIpc) is 2.52. The SMILES string of the molecule is CCCOc1nc(N)nc(-c2ccc3ccccc3c2)n1. The zero-order valence-electron chi connectivity index (χ0n) is 11.8.